The fourth-order valence-electron chi connectivity index (χ4n) is 0.885. The number of para-hydroxylation sites is 1. The summed E-state index contributed by atoms with van der Waals surface area (Å²) in [7, 11) is 1.46. The van der Waals surface area contributed by atoms with Crippen LogP contribution in [-0.2, 0) is 0 Å². The van der Waals surface area contributed by atoms with Gasteiger partial charge < -0.3 is 9.84 Å². The van der Waals surface area contributed by atoms with Crippen molar-refractivity contribution in [2.24, 2.45) is 0 Å². The molecular formula is C8H7IO3. The van der Waals surface area contributed by atoms with Gasteiger partial charge in [-0.3, -0.25) is 0 Å². The molecule has 0 amide bonds. The highest BCUT2D eigenvalue weighted by atomic mass is 127. The second kappa shape index (κ2) is 3.75. The maximum atomic E-state index is 10.6. The third kappa shape index (κ3) is 1.69. The average molecular weight is 278 g/mol. The molecule has 0 radical (unpaired) electrons. The molecule has 12 heavy (non-hydrogen) atoms. The van der Waals surface area contributed by atoms with Crippen molar-refractivity contribution in [3.8, 4) is 5.75 Å². The van der Waals surface area contributed by atoms with Crippen LogP contribution in [0, 0.1) is 3.57 Å². The van der Waals surface area contributed by atoms with Crippen molar-refractivity contribution in [2.75, 3.05) is 7.11 Å². The molecule has 3 nitrogen and oxygen atoms in total. The van der Waals surface area contributed by atoms with E-state index in [2.05, 4.69) is 0 Å². The molecule has 0 atom stereocenters. The van der Waals surface area contributed by atoms with E-state index in [1.807, 2.05) is 22.6 Å². The van der Waals surface area contributed by atoms with Gasteiger partial charge in [0.25, 0.3) is 0 Å². The van der Waals surface area contributed by atoms with Gasteiger partial charge in [0.1, 0.15) is 11.3 Å². The highest BCUT2D eigenvalue weighted by Crippen LogP contribution is 2.24. The first-order chi connectivity index (χ1) is 5.66. The quantitative estimate of drug-likeness (QED) is 0.841. The van der Waals surface area contributed by atoms with E-state index in [0.29, 0.717) is 5.75 Å². The van der Waals surface area contributed by atoms with Gasteiger partial charge in [-0.25, -0.2) is 4.79 Å². The van der Waals surface area contributed by atoms with Crippen molar-refractivity contribution >= 4 is 28.6 Å². The van der Waals surface area contributed by atoms with Crippen molar-refractivity contribution in [3.05, 3.63) is 27.3 Å². The molecule has 1 aromatic carbocycles. The highest BCUT2D eigenvalue weighted by molar-refractivity contribution is 14.1. The zero-order valence-corrected chi connectivity index (χ0v) is 8.53. The summed E-state index contributed by atoms with van der Waals surface area (Å²) in [5.41, 5.74) is 0.199. The molecule has 0 unspecified atom stereocenters. The maximum Gasteiger partial charge on any atom is 0.339 e. The number of ether oxygens (including phenoxy) is 1. The number of hydrogen-bond acceptors (Lipinski definition) is 2. The number of methoxy groups -OCH3 is 1. The third-order valence-electron chi connectivity index (χ3n) is 1.40. The molecule has 0 aliphatic rings. The van der Waals surface area contributed by atoms with Crippen LogP contribution in [0.3, 0.4) is 0 Å². The minimum absolute atomic E-state index is 0.199. The van der Waals surface area contributed by atoms with Crippen LogP contribution in [0.25, 0.3) is 0 Å². The molecule has 0 bridgehead atoms. The van der Waals surface area contributed by atoms with E-state index >= 15 is 0 Å². The van der Waals surface area contributed by atoms with Gasteiger partial charge in [-0.2, -0.15) is 0 Å². The van der Waals surface area contributed by atoms with Crippen molar-refractivity contribution in [2.45, 2.75) is 0 Å². The molecular weight excluding hydrogens is 271 g/mol. The lowest BCUT2D eigenvalue weighted by atomic mass is 10.2. The van der Waals surface area contributed by atoms with Gasteiger partial charge in [0.2, 0.25) is 0 Å². The molecule has 0 heterocycles. The fraction of sp³-hybridized carbons (Fsp3) is 0.125. The van der Waals surface area contributed by atoms with Crippen LogP contribution < -0.4 is 4.74 Å². The molecule has 0 aliphatic heterocycles. The number of rotatable bonds is 2. The number of carbonyl (C=O) groups is 1. The van der Waals surface area contributed by atoms with Gasteiger partial charge in [0.05, 0.1) is 10.7 Å². The van der Waals surface area contributed by atoms with Crippen LogP contribution in [0.1, 0.15) is 10.4 Å². The second-order valence-corrected chi connectivity index (χ2v) is 3.29. The molecule has 0 aliphatic carbocycles. The Morgan fingerprint density at radius 1 is 1.58 bits per heavy atom. The van der Waals surface area contributed by atoms with E-state index in [-0.39, 0.29) is 5.56 Å². The van der Waals surface area contributed by atoms with Gasteiger partial charge in [-0.05, 0) is 34.7 Å². The number of aromatic carboxylic acids is 1. The predicted octanol–water partition coefficient (Wildman–Crippen LogP) is 2.00. The topological polar surface area (TPSA) is 46.5 Å². The van der Waals surface area contributed by atoms with E-state index in [0.717, 1.165) is 3.57 Å². The normalized spacial score (nSPS) is 9.50. The number of carboxylic acids is 1. The largest absolute Gasteiger partial charge is 0.495 e. The monoisotopic (exact) mass is 278 g/mol. The summed E-state index contributed by atoms with van der Waals surface area (Å²) in [6.45, 7) is 0. The van der Waals surface area contributed by atoms with Crippen molar-refractivity contribution in [1.82, 2.24) is 0 Å². The third-order valence-corrected chi connectivity index (χ3v) is 2.25. The maximum absolute atomic E-state index is 10.6. The molecule has 0 fully saturated rings. The Hall–Kier alpha value is -0.780. The SMILES string of the molecule is COc1c(I)cccc1C(=O)O. The van der Waals surface area contributed by atoms with Gasteiger partial charge in [0.15, 0.2) is 0 Å². The predicted molar refractivity (Wildman–Crippen MR) is 52.7 cm³/mol. The number of carboxylic acid groups (broad SMARTS) is 1. The van der Waals surface area contributed by atoms with E-state index in [9.17, 15) is 4.79 Å². The van der Waals surface area contributed by atoms with Crippen LogP contribution in [0.15, 0.2) is 18.2 Å². The summed E-state index contributed by atoms with van der Waals surface area (Å²) in [5, 5.41) is 8.74. The van der Waals surface area contributed by atoms with Gasteiger partial charge in [-0.1, -0.05) is 6.07 Å². The Labute approximate surface area is 83.5 Å². The van der Waals surface area contributed by atoms with Crippen LogP contribution in [0.5, 0.6) is 5.75 Å². The second-order valence-electron chi connectivity index (χ2n) is 2.13. The fourth-order valence-corrected chi connectivity index (χ4v) is 1.60. The lowest BCUT2D eigenvalue weighted by Crippen LogP contribution is -2.01. The zero-order valence-electron chi connectivity index (χ0n) is 6.37. The molecule has 1 rings (SSSR count). The summed E-state index contributed by atoms with van der Waals surface area (Å²) in [6.07, 6.45) is 0. The zero-order chi connectivity index (χ0) is 9.14. The minimum atomic E-state index is -0.967. The Morgan fingerprint density at radius 2 is 2.25 bits per heavy atom. The van der Waals surface area contributed by atoms with Gasteiger partial charge in [-0.15, -0.1) is 0 Å². The molecule has 0 saturated heterocycles. The van der Waals surface area contributed by atoms with Crippen molar-refractivity contribution < 1.29 is 14.6 Å². The van der Waals surface area contributed by atoms with Crippen LogP contribution in [0.4, 0.5) is 0 Å². The summed E-state index contributed by atoms with van der Waals surface area (Å²) in [6, 6.07) is 5.00. The first-order valence-electron chi connectivity index (χ1n) is 3.22. The Bertz CT molecular complexity index is 309. The summed E-state index contributed by atoms with van der Waals surface area (Å²) in [4.78, 5) is 10.6. The summed E-state index contributed by atoms with van der Waals surface area (Å²) in [5.74, 6) is -0.545. The summed E-state index contributed by atoms with van der Waals surface area (Å²) < 4.78 is 5.75. The molecule has 0 spiro atoms. The lowest BCUT2D eigenvalue weighted by Gasteiger charge is -2.05. The van der Waals surface area contributed by atoms with E-state index < -0.39 is 5.97 Å². The molecule has 1 N–H and O–H groups in total. The van der Waals surface area contributed by atoms with Crippen molar-refractivity contribution in [1.29, 1.82) is 0 Å². The first-order valence-corrected chi connectivity index (χ1v) is 4.30. The van der Waals surface area contributed by atoms with Gasteiger partial charge in [0, 0.05) is 0 Å². The van der Waals surface area contributed by atoms with Crippen LogP contribution in [-0.4, -0.2) is 18.2 Å². The molecule has 0 saturated carbocycles. The Morgan fingerprint density at radius 3 is 2.67 bits per heavy atom. The molecule has 1 aromatic rings. The number of hydrogen-bond donors (Lipinski definition) is 1. The molecule has 64 valence electrons. The lowest BCUT2D eigenvalue weighted by molar-refractivity contribution is 0.0693. The Balaban J connectivity index is 3.27. The Kier molecular flexibility index (Phi) is 2.91. The summed E-state index contributed by atoms with van der Waals surface area (Å²) >= 11 is 2.03. The van der Waals surface area contributed by atoms with E-state index in [1.54, 1.807) is 12.1 Å². The first kappa shape index (κ1) is 9.31. The van der Waals surface area contributed by atoms with Crippen LogP contribution in [0.2, 0.25) is 0 Å². The molecule has 4 heteroatoms. The average Bonchev–Trinajstić information content (AvgIpc) is 2.03. The van der Waals surface area contributed by atoms with E-state index in [1.165, 1.54) is 13.2 Å². The minimum Gasteiger partial charge on any atom is -0.495 e. The van der Waals surface area contributed by atoms with Crippen molar-refractivity contribution in [3.63, 3.8) is 0 Å². The van der Waals surface area contributed by atoms with Crippen LogP contribution >= 0.6 is 22.6 Å². The number of benzene rings is 1. The molecule has 0 aromatic heterocycles. The van der Waals surface area contributed by atoms with Gasteiger partial charge >= 0.3 is 5.97 Å². The van der Waals surface area contributed by atoms with E-state index in [4.69, 9.17) is 9.84 Å². The smallest absolute Gasteiger partial charge is 0.339 e. The highest BCUT2D eigenvalue weighted by Gasteiger charge is 2.12. The number of halogens is 1. The standard InChI is InChI=1S/C8H7IO3/c1-12-7-5(8(10)11)3-2-4-6(7)9/h2-4H,1H3,(H,10,11).